The normalized spacial score (nSPS) is 20.9. The van der Waals surface area contributed by atoms with Crippen molar-refractivity contribution in [1.82, 2.24) is 24.7 Å². The summed E-state index contributed by atoms with van der Waals surface area (Å²) in [5, 5.41) is 4.38. The molecule has 2 aliphatic rings. The molecule has 0 amide bonds. The van der Waals surface area contributed by atoms with Crippen LogP contribution in [0, 0.1) is 13.8 Å². The summed E-state index contributed by atoms with van der Waals surface area (Å²) in [6.07, 6.45) is 3.00. The van der Waals surface area contributed by atoms with Crippen LogP contribution in [0.3, 0.4) is 0 Å². The Hall–Kier alpha value is -2.74. The molecular formula is C28H35N5OS. The molecule has 0 bridgehead atoms. The Bertz CT molecular complexity index is 1130. The van der Waals surface area contributed by atoms with E-state index in [4.69, 9.17) is 21.9 Å². The summed E-state index contributed by atoms with van der Waals surface area (Å²) in [7, 11) is 0. The smallest absolute Gasteiger partial charge is 0.170 e. The quantitative estimate of drug-likeness (QED) is 0.474. The highest BCUT2D eigenvalue weighted by Gasteiger charge is 2.41. The van der Waals surface area contributed by atoms with Crippen molar-refractivity contribution >= 4 is 17.3 Å². The van der Waals surface area contributed by atoms with Gasteiger partial charge in [0.1, 0.15) is 0 Å². The summed E-state index contributed by atoms with van der Waals surface area (Å²) < 4.78 is 7.98. The standard InChI is InChI=1S/C28H35N5OS/c1-21-19-24(22(2)32(21)14-8-13-31-15-17-34-18-16-31)27-26(25-11-6-7-12-29-25)30-28(35)33(27)20-23-9-4-3-5-10-23/h3-7,9-12,19,26-27H,8,13-18,20H2,1-2H3,(H,30,35). The SMILES string of the molecule is Cc1cc(C2C(c3ccccn3)NC(=S)N2Cc2ccccc2)c(C)n1CCCN1CCOCC1. The van der Waals surface area contributed by atoms with Gasteiger partial charge in [-0.25, -0.2) is 0 Å². The summed E-state index contributed by atoms with van der Waals surface area (Å²) in [4.78, 5) is 9.55. The molecule has 3 aromatic rings. The van der Waals surface area contributed by atoms with E-state index >= 15 is 0 Å². The van der Waals surface area contributed by atoms with Crippen molar-refractivity contribution in [2.45, 2.75) is 45.4 Å². The molecule has 1 N–H and O–H groups in total. The number of hydrogen-bond acceptors (Lipinski definition) is 4. The highest BCUT2D eigenvalue weighted by atomic mass is 32.1. The van der Waals surface area contributed by atoms with Crippen molar-refractivity contribution in [3.05, 3.63) is 89.0 Å². The van der Waals surface area contributed by atoms with E-state index in [1.807, 2.05) is 12.3 Å². The van der Waals surface area contributed by atoms with Crippen LogP contribution < -0.4 is 5.32 Å². The second-order valence-electron chi connectivity index (χ2n) is 9.53. The highest BCUT2D eigenvalue weighted by Crippen LogP contribution is 2.41. The third-order valence-corrected chi connectivity index (χ3v) is 7.64. The number of aryl methyl sites for hydroxylation is 1. The maximum absolute atomic E-state index is 5.88. The summed E-state index contributed by atoms with van der Waals surface area (Å²) in [6.45, 7) is 11.2. The highest BCUT2D eigenvalue weighted by molar-refractivity contribution is 7.80. The molecule has 4 heterocycles. The lowest BCUT2D eigenvalue weighted by Gasteiger charge is -2.28. The molecule has 7 heteroatoms. The average Bonchev–Trinajstić information content (AvgIpc) is 3.36. The van der Waals surface area contributed by atoms with E-state index in [-0.39, 0.29) is 12.1 Å². The van der Waals surface area contributed by atoms with Gasteiger partial charge in [0.05, 0.1) is 31.0 Å². The van der Waals surface area contributed by atoms with Crippen LogP contribution in [0.25, 0.3) is 0 Å². The van der Waals surface area contributed by atoms with E-state index in [1.165, 1.54) is 22.5 Å². The predicted octanol–water partition coefficient (Wildman–Crippen LogP) is 4.39. The predicted molar refractivity (Wildman–Crippen MR) is 143 cm³/mol. The van der Waals surface area contributed by atoms with E-state index in [0.29, 0.717) is 0 Å². The summed E-state index contributed by atoms with van der Waals surface area (Å²) in [6, 6.07) is 19.1. The van der Waals surface area contributed by atoms with Gasteiger partial charge >= 0.3 is 0 Å². The molecule has 0 radical (unpaired) electrons. The molecule has 6 nitrogen and oxygen atoms in total. The maximum Gasteiger partial charge on any atom is 0.170 e. The molecule has 0 saturated carbocycles. The number of morpholine rings is 1. The molecule has 2 unspecified atom stereocenters. The van der Waals surface area contributed by atoms with Gasteiger partial charge in [-0.15, -0.1) is 0 Å². The monoisotopic (exact) mass is 489 g/mol. The molecule has 2 aliphatic heterocycles. The lowest BCUT2D eigenvalue weighted by molar-refractivity contribution is 0.0369. The number of hydrogen-bond donors (Lipinski definition) is 1. The number of ether oxygens (including phenoxy) is 1. The second kappa shape index (κ2) is 10.9. The molecule has 35 heavy (non-hydrogen) atoms. The molecule has 184 valence electrons. The molecule has 2 fully saturated rings. The lowest BCUT2D eigenvalue weighted by atomic mass is 9.96. The molecule has 0 spiro atoms. The van der Waals surface area contributed by atoms with Gasteiger partial charge in [-0.1, -0.05) is 36.4 Å². The van der Waals surface area contributed by atoms with Gasteiger partial charge in [-0.2, -0.15) is 0 Å². The molecule has 2 atom stereocenters. The minimum atomic E-state index is 0.00899. The van der Waals surface area contributed by atoms with Gasteiger partial charge in [0.2, 0.25) is 0 Å². The third kappa shape index (κ3) is 5.27. The third-order valence-electron chi connectivity index (χ3n) is 7.28. The van der Waals surface area contributed by atoms with E-state index in [1.54, 1.807) is 0 Å². The first-order chi connectivity index (χ1) is 17.1. The van der Waals surface area contributed by atoms with Crippen LogP contribution in [0.1, 0.15) is 46.7 Å². The number of benzene rings is 1. The van der Waals surface area contributed by atoms with Crippen molar-refractivity contribution in [3.63, 3.8) is 0 Å². The van der Waals surface area contributed by atoms with Gasteiger partial charge < -0.3 is 19.5 Å². The fourth-order valence-corrected chi connectivity index (χ4v) is 5.75. The number of thiocarbonyl (C=S) groups is 1. The van der Waals surface area contributed by atoms with Crippen LogP contribution in [0.5, 0.6) is 0 Å². The molecule has 1 aromatic carbocycles. The first-order valence-electron chi connectivity index (χ1n) is 12.6. The van der Waals surface area contributed by atoms with Crippen LogP contribution in [0.15, 0.2) is 60.8 Å². The lowest BCUT2D eigenvalue weighted by Crippen LogP contribution is -2.37. The minimum absolute atomic E-state index is 0.00899. The Kier molecular flexibility index (Phi) is 7.46. The number of pyridine rings is 1. The van der Waals surface area contributed by atoms with Gasteiger partial charge in [0.15, 0.2) is 5.11 Å². The topological polar surface area (TPSA) is 45.6 Å². The van der Waals surface area contributed by atoms with E-state index in [9.17, 15) is 0 Å². The molecule has 0 aliphatic carbocycles. The Labute approximate surface area is 213 Å². The number of aromatic nitrogens is 2. The van der Waals surface area contributed by atoms with Crippen LogP contribution >= 0.6 is 12.2 Å². The van der Waals surface area contributed by atoms with Crippen LogP contribution in [-0.2, 0) is 17.8 Å². The zero-order valence-electron chi connectivity index (χ0n) is 20.7. The Morgan fingerprint density at radius 3 is 2.54 bits per heavy atom. The van der Waals surface area contributed by atoms with Crippen molar-refractivity contribution in [2.75, 3.05) is 32.8 Å². The molecule has 2 aromatic heterocycles. The van der Waals surface area contributed by atoms with Gasteiger partial charge in [0.25, 0.3) is 0 Å². The Morgan fingerprint density at radius 2 is 1.80 bits per heavy atom. The number of nitrogens with zero attached hydrogens (tertiary/aromatic N) is 4. The molecule has 2 saturated heterocycles. The maximum atomic E-state index is 5.88. The van der Waals surface area contributed by atoms with E-state index in [2.05, 4.69) is 82.1 Å². The van der Waals surface area contributed by atoms with Gasteiger partial charge in [-0.3, -0.25) is 9.88 Å². The van der Waals surface area contributed by atoms with Crippen LogP contribution in [0.2, 0.25) is 0 Å². The second-order valence-corrected chi connectivity index (χ2v) is 9.91. The Morgan fingerprint density at radius 1 is 1.03 bits per heavy atom. The fraction of sp³-hybridized carbons (Fsp3) is 0.429. The van der Waals surface area contributed by atoms with Crippen molar-refractivity contribution in [1.29, 1.82) is 0 Å². The van der Waals surface area contributed by atoms with Gasteiger partial charge in [-0.05, 0) is 61.8 Å². The average molecular weight is 490 g/mol. The zero-order valence-corrected chi connectivity index (χ0v) is 21.5. The first kappa shape index (κ1) is 24.0. The van der Waals surface area contributed by atoms with Crippen molar-refractivity contribution < 1.29 is 4.74 Å². The minimum Gasteiger partial charge on any atom is -0.379 e. The molecular weight excluding hydrogens is 454 g/mol. The van der Waals surface area contributed by atoms with E-state index in [0.717, 1.165) is 63.2 Å². The van der Waals surface area contributed by atoms with E-state index < -0.39 is 0 Å². The van der Waals surface area contributed by atoms with Crippen LogP contribution in [-0.4, -0.2) is 57.3 Å². The summed E-state index contributed by atoms with van der Waals surface area (Å²) in [5.41, 5.74) is 6.22. The Balaban J connectivity index is 1.42. The van der Waals surface area contributed by atoms with Crippen molar-refractivity contribution in [2.24, 2.45) is 0 Å². The first-order valence-corrected chi connectivity index (χ1v) is 13.0. The number of rotatable bonds is 8. The van der Waals surface area contributed by atoms with Crippen LogP contribution in [0.4, 0.5) is 0 Å². The fourth-order valence-electron chi connectivity index (χ4n) is 5.44. The molecule has 5 rings (SSSR count). The number of nitrogens with one attached hydrogen (secondary N) is 1. The van der Waals surface area contributed by atoms with Crippen molar-refractivity contribution in [3.8, 4) is 0 Å². The summed E-state index contributed by atoms with van der Waals surface area (Å²) >= 11 is 5.88. The van der Waals surface area contributed by atoms with Gasteiger partial charge in [0, 0.05) is 50.3 Å². The largest absolute Gasteiger partial charge is 0.379 e. The summed E-state index contributed by atoms with van der Waals surface area (Å²) in [5.74, 6) is 0. The zero-order chi connectivity index (χ0) is 24.2.